The summed E-state index contributed by atoms with van der Waals surface area (Å²) < 4.78 is 1.91. The fourth-order valence-electron chi connectivity index (χ4n) is 3.44. The highest BCUT2D eigenvalue weighted by atomic mass is 35.5. The van der Waals surface area contributed by atoms with Gasteiger partial charge in [0.05, 0.1) is 6.04 Å². The molecule has 1 aromatic heterocycles. The number of benzene rings is 2. The summed E-state index contributed by atoms with van der Waals surface area (Å²) in [7, 11) is 0. The van der Waals surface area contributed by atoms with E-state index < -0.39 is 5.25 Å². The summed E-state index contributed by atoms with van der Waals surface area (Å²) in [5.41, 5.74) is 7.57. The van der Waals surface area contributed by atoms with Gasteiger partial charge in [-0.25, -0.2) is 4.68 Å². The molecule has 0 radical (unpaired) electrons. The van der Waals surface area contributed by atoms with Gasteiger partial charge in [0.15, 0.2) is 5.82 Å². The normalized spacial score (nSPS) is 17.9. The summed E-state index contributed by atoms with van der Waals surface area (Å²) in [4.78, 5) is 13.3. The van der Waals surface area contributed by atoms with Crippen molar-refractivity contribution in [2.24, 2.45) is 0 Å². The molecular formula is C22H24ClN5OS. The van der Waals surface area contributed by atoms with Crippen molar-refractivity contribution < 1.29 is 4.79 Å². The second-order valence-corrected chi connectivity index (χ2v) is 9.01. The van der Waals surface area contributed by atoms with Crippen LogP contribution in [0.25, 0.3) is 0 Å². The summed E-state index contributed by atoms with van der Waals surface area (Å²) in [5, 5.41) is 12.6. The van der Waals surface area contributed by atoms with E-state index in [4.69, 9.17) is 11.6 Å². The first-order valence-corrected chi connectivity index (χ1v) is 11.2. The maximum Gasteiger partial charge on any atom is 0.240 e. The van der Waals surface area contributed by atoms with Gasteiger partial charge < -0.3 is 10.7 Å². The Morgan fingerprint density at radius 2 is 1.93 bits per heavy atom. The lowest BCUT2D eigenvalue weighted by atomic mass is 10.0. The topological polar surface area (TPSA) is 71.8 Å². The maximum absolute atomic E-state index is 13.3. The number of amides is 1. The first-order chi connectivity index (χ1) is 14.5. The molecular weight excluding hydrogens is 418 g/mol. The second kappa shape index (κ2) is 8.70. The van der Waals surface area contributed by atoms with E-state index in [-0.39, 0.29) is 11.9 Å². The third kappa shape index (κ3) is 4.18. The van der Waals surface area contributed by atoms with Crippen molar-refractivity contribution in [3.63, 3.8) is 0 Å². The van der Waals surface area contributed by atoms with Crippen molar-refractivity contribution in [3.8, 4) is 0 Å². The first-order valence-electron chi connectivity index (χ1n) is 9.97. The highest BCUT2D eigenvalue weighted by Crippen LogP contribution is 2.38. The van der Waals surface area contributed by atoms with Crippen LogP contribution in [0.15, 0.2) is 47.6 Å². The van der Waals surface area contributed by atoms with Crippen molar-refractivity contribution in [2.45, 2.75) is 50.1 Å². The minimum absolute atomic E-state index is 0.0815. The highest BCUT2D eigenvalue weighted by molar-refractivity contribution is 8.00. The van der Waals surface area contributed by atoms with Crippen LogP contribution in [0.5, 0.6) is 0 Å². The molecule has 0 bridgehead atoms. The number of anilines is 1. The van der Waals surface area contributed by atoms with E-state index in [1.807, 2.05) is 54.1 Å². The van der Waals surface area contributed by atoms with Crippen molar-refractivity contribution >= 4 is 35.0 Å². The summed E-state index contributed by atoms with van der Waals surface area (Å²) in [6, 6.07) is 13.3. The maximum atomic E-state index is 13.3. The number of carbonyl (C=O) groups is 1. The van der Waals surface area contributed by atoms with E-state index in [1.54, 1.807) is 0 Å². The molecule has 2 aromatic carbocycles. The lowest BCUT2D eigenvalue weighted by molar-refractivity contribution is -0.116. The summed E-state index contributed by atoms with van der Waals surface area (Å²) >= 11 is 7.51. The highest BCUT2D eigenvalue weighted by Gasteiger charge is 2.37. The Morgan fingerprint density at radius 3 is 2.63 bits per heavy atom. The number of fused-ring (bicyclic) bond motifs is 1. The predicted molar refractivity (Wildman–Crippen MR) is 122 cm³/mol. The van der Waals surface area contributed by atoms with E-state index >= 15 is 0 Å². The predicted octanol–water partition coefficient (Wildman–Crippen LogP) is 4.90. The fraction of sp³-hybridized carbons (Fsp3) is 0.318. The number of halogens is 1. The average Bonchev–Trinajstić information content (AvgIpc) is 3.12. The molecule has 0 spiro atoms. The Morgan fingerprint density at radius 1 is 1.17 bits per heavy atom. The Hall–Kier alpha value is -2.51. The molecule has 1 aliphatic heterocycles. The third-order valence-electron chi connectivity index (χ3n) is 5.24. The number of nitrogens with zero attached hydrogens (tertiary/aromatic N) is 3. The molecule has 156 valence electrons. The van der Waals surface area contributed by atoms with Gasteiger partial charge in [-0.3, -0.25) is 4.79 Å². The fourth-order valence-corrected chi connectivity index (χ4v) is 4.66. The van der Waals surface area contributed by atoms with Crippen LogP contribution in [0, 0.1) is 13.8 Å². The van der Waals surface area contributed by atoms with E-state index in [2.05, 4.69) is 34.8 Å². The molecule has 30 heavy (non-hydrogen) atoms. The van der Waals surface area contributed by atoms with Gasteiger partial charge in [-0.2, -0.15) is 0 Å². The number of aryl methyl sites for hydroxylation is 3. The van der Waals surface area contributed by atoms with Crippen LogP contribution in [-0.2, 0) is 11.2 Å². The van der Waals surface area contributed by atoms with E-state index in [0.29, 0.717) is 10.2 Å². The zero-order chi connectivity index (χ0) is 21.3. The van der Waals surface area contributed by atoms with Crippen LogP contribution in [0.2, 0.25) is 5.02 Å². The molecule has 0 saturated carbocycles. The van der Waals surface area contributed by atoms with Crippen LogP contribution in [0.1, 0.15) is 41.9 Å². The van der Waals surface area contributed by atoms with Crippen LogP contribution in [0.3, 0.4) is 0 Å². The summed E-state index contributed by atoms with van der Waals surface area (Å²) in [6.07, 6.45) is 1.78. The molecule has 2 N–H and O–H groups in total. The lowest BCUT2D eigenvalue weighted by Crippen LogP contribution is -2.41. The van der Waals surface area contributed by atoms with Gasteiger partial charge in [-0.15, -0.1) is 10.2 Å². The van der Waals surface area contributed by atoms with E-state index in [1.165, 1.54) is 17.3 Å². The molecule has 3 aromatic rings. The standard InChI is InChI=1S/C22H24ClN5OS/c1-4-5-18-25-26-22-28(18)27-19(15-7-9-16(23)10-8-15)20(30-22)21(29)24-17-11-6-13(2)14(3)12-17/h6-12,19-20,27H,4-5H2,1-3H3,(H,24,29)/t19-,20-/m0/s1. The molecule has 1 aliphatic rings. The van der Waals surface area contributed by atoms with Gasteiger partial charge in [0.1, 0.15) is 5.25 Å². The molecule has 8 heteroatoms. The zero-order valence-electron chi connectivity index (χ0n) is 17.1. The van der Waals surface area contributed by atoms with E-state index in [9.17, 15) is 4.79 Å². The van der Waals surface area contributed by atoms with Crippen molar-refractivity contribution in [2.75, 3.05) is 10.7 Å². The number of hydrogen-bond acceptors (Lipinski definition) is 5. The van der Waals surface area contributed by atoms with Crippen LogP contribution < -0.4 is 10.7 Å². The molecule has 4 rings (SSSR count). The largest absolute Gasteiger partial charge is 0.325 e. The number of nitrogens with one attached hydrogen (secondary N) is 2. The number of aromatic nitrogens is 3. The monoisotopic (exact) mass is 441 g/mol. The molecule has 0 aliphatic carbocycles. The summed E-state index contributed by atoms with van der Waals surface area (Å²) in [5.74, 6) is 0.786. The van der Waals surface area contributed by atoms with Gasteiger partial charge in [0.2, 0.25) is 11.1 Å². The Kier molecular flexibility index (Phi) is 6.01. The minimum atomic E-state index is -0.418. The Balaban J connectivity index is 1.66. The molecule has 6 nitrogen and oxygen atoms in total. The van der Waals surface area contributed by atoms with Crippen molar-refractivity contribution in [3.05, 3.63) is 70.0 Å². The Labute approximate surface area is 185 Å². The average molecular weight is 442 g/mol. The van der Waals surface area contributed by atoms with Crippen LogP contribution in [-0.4, -0.2) is 26.0 Å². The smallest absolute Gasteiger partial charge is 0.240 e. The number of rotatable bonds is 5. The van der Waals surface area contributed by atoms with Crippen molar-refractivity contribution in [1.82, 2.24) is 14.9 Å². The van der Waals surface area contributed by atoms with Gasteiger partial charge in [-0.05, 0) is 61.2 Å². The number of thioether (sulfide) groups is 1. The second-order valence-electron chi connectivity index (χ2n) is 7.47. The molecule has 0 fully saturated rings. The molecule has 2 heterocycles. The minimum Gasteiger partial charge on any atom is -0.325 e. The van der Waals surface area contributed by atoms with Gasteiger partial charge in [0, 0.05) is 17.1 Å². The van der Waals surface area contributed by atoms with Gasteiger partial charge >= 0.3 is 0 Å². The van der Waals surface area contributed by atoms with Crippen molar-refractivity contribution in [1.29, 1.82) is 0 Å². The van der Waals surface area contributed by atoms with E-state index in [0.717, 1.165) is 35.5 Å². The molecule has 2 atom stereocenters. The first kappa shape index (κ1) is 20.8. The zero-order valence-corrected chi connectivity index (χ0v) is 18.7. The molecule has 1 amide bonds. The number of hydrogen-bond donors (Lipinski definition) is 2. The van der Waals surface area contributed by atoms with Crippen LogP contribution in [0.4, 0.5) is 5.69 Å². The summed E-state index contributed by atoms with van der Waals surface area (Å²) in [6.45, 7) is 6.20. The quantitative estimate of drug-likeness (QED) is 0.589. The van der Waals surface area contributed by atoms with Gasteiger partial charge in [-0.1, -0.05) is 48.5 Å². The SMILES string of the molecule is CCCc1nnc2n1N[C@@H](c1ccc(Cl)cc1)[C@@H](C(=O)Nc1ccc(C)c(C)c1)S2. The van der Waals surface area contributed by atoms with Gasteiger partial charge in [0.25, 0.3) is 0 Å². The number of carbonyl (C=O) groups excluding carboxylic acids is 1. The molecule has 0 unspecified atom stereocenters. The lowest BCUT2D eigenvalue weighted by Gasteiger charge is -2.33. The molecule has 0 saturated heterocycles. The third-order valence-corrected chi connectivity index (χ3v) is 6.71. The van der Waals surface area contributed by atoms with Crippen LogP contribution >= 0.6 is 23.4 Å². The Bertz CT molecular complexity index is 1070.